The largest absolute Gasteiger partial charge is 0.242 e. The molecule has 0 aliphatic heterocycles. The Kier molecular flexibility index (Phi) is 2.04. The summed E-state index contributed by atoms with van der Waals surface area (Å²) in [6.45, 7) is 2.06. The molecule has 2 atom stereocenters. The first kappa shape index (κ1) is 10.4. The molecule has 1 fully saturated rings. The highest BCUT2D eigenvalue weighted by molar-refractivity contribution is 7.09. The third kappa shape index (κ3) is 1.34. The Hall–Kier alpha value is -1.48. The SMILES string of the molecule is Cc1nc2c(s1)=C1CC(C=2)C1c1ccc(F)cc1. The van der Waals surface area contributed by atoms with E-state index in [0.717, 1.165) is 11.4 Å². The second-order valence-corrected chi connectivity index (χ2v) is 6.24. The van der Waals surface area contributed by atoms with Gasteiger partial charge in [0.1, 0.15) is 5.82 Å². The molecular formula is C15H12FNS. The Balaban J connectivity index is 1.88. The van der Waals surface area contributed by atoms with Gasteiger partial charge < -0.3 is 0 Å². The molecule has 2 aliphatic rings. The van der Waals surface area contributed by atoms with Gasteiger partial charge in [-0.2, -0.15) is 0 Å². The van der Waals surface area contributed by atoms with Crippen molar-refractivity contribution in [1.82, 2.24) is 4.98 Å². The van der Waals surface area contributed by atoms with E-state index in [1.807, 2.05) is 12.1 Å². The molecule has 1 heterocycles. The van der Waals surface area contributed by atoms with E-state index >= 15 is 0 Å². The summed E-state index contributed by atoms with van der Waals surface area (Å²) in [4.78, 5) is 4.56. The number of aromatic nitrogens is 1. The quantitative estimate of drug-likeness (QED) is 0.764. The van der Waals surface area contributed by atoms with E-state index in [4.69, 9.17) is 0 Å². The molecule has 2 unspecified atom stereocenters. The van der Waals surface area contributed by atoms with Crippen LogP contribution in [0.5, 0.6) is 0 Å². The van der Waals surface area contributed by atoms with Crippen molar-refractivity contribution in [2.45, 2.75) is 19.3 Å². The second kappa shape index (κ2) is 3.51. The lowest BCUT2D eigenvalue weighted by Crippen LogP contribution is -2.41. The third-order valence-corrected chi connectivity index (χ3v) is 4.97. The van der Waals surface area contributed by atoms with Gasteiger partial charge in [0.05, 0.1) is 14.9 Å². The minimum Gasteiger partial charge on any atom is -0.242 e. The van der Waals surface area contributed by atoms with E-state index in [2.05, 4.69) is 18.0 Å². The molecule has 1 nitrogen and oxygen atoms in total. The second-order valence-electron chi connectivity index (χ2n) is 5.04. The average molecular weight is 257 g/mol. The van der Waals surface area contributed by atoms with E-state index in [-0.39, 0.29) is 5.82 Å². The normalized spacial score (nSPS) is 24.2. The van der Waals surface area contributed by atoms with Crippen LogP contribution in [-0.2, 0) is 0 Å². The van der Waals surface area contributed by atoms with Crippen molar-refractivity contribution in [2.24, 2.45) is 5.92 Å². The van der Waals surface area contributed by atoms with Crippen LogP contribution in [0.3, 0.4) is 0 Å². The molecule has 0 saturated heterocycles. The Bertz CT molecular complexity index is 742. The van der Waals surface area contributed by atoms with Crippen molar-refractivity contribution in [1.29, 1.82) is 0 Å². The first-order valence-corrected chi connectivity index (χ1v) is 6.98. The maximum atomic E-state index is 13.0. The van der Waals surface area contributed by atoms with Crippen molar-refractivity contribution in [3.05, 3.63) is 50.5 Å². The highest BCUT2D eigenvalue weighted by Crippen LogP contribution is 2.49. The summed E-state index contributed by atoms with van der Waals surface area (Å²) >= 11 is 1.78. The average Bonchev–Trinajstić information content (AvgIpc) is 2.71. The van der Waals surface area contributed by atoms with E-state index in [0.29, 0.717) is 11.8 Å². The number of fused-ring (bicyclic) bond motifs is 3. The zero-order chi connectivity index (χ0) is 12.3. The van der Waals surface area contributed by atoms with Gasteiger partial charge in [0.2, 0.25) is 0 Å². The summed E-state index contributed by atoms with van der Waals surface area (Å²) < 4.78 is 14.3. The lowest BCUT2D eigenvalue weighted by molar-refractivity contribution is 0.519. The van der Waals surface area contributed by atoms with Crippen LogP contribution in [0.4, 0.5) is 4.39 Å². The van der Waals surface area contributed by atoms with Crippen LogP contribution in [0.2, 0.25) is 0 Å². The highest BCUT2D eigenvalue weighted by atomic mass is 32.1. The van der Waals surface area contributed by atoms with Crippen molar-refractivity contribution in [3.8, 4) is 0 Å². The van der Waals surface area contributed by atoms with E-state index in [1.165, 1.54) is 21.0 Å². The number of rotatable bonds is 1. The topological polar surface area (TPSA) is 12.9 Å². The van der Waals surface area contributed by atoms with Crippen LogP contribution in [0, 0.1) is 18.7 Å². The van der Waals surface area contributed by atoms with Crippen LogP contribution in [0.15, 0.2) is 24.3 Å². The smallest absolute Gasteiger partial charge is 0.123 e. The van der Waals surface area contributed by atoms with Gasteiger partial charge >= 0.3 is 0 Å². The molecule has 0 radical (unpaired) electrons. The Morgan fingerprint density at radius 1 is 1.28 bits per heavy atom. The summed E-state index contributed by atoms with van der Waals surface area (Å²) in [6, 6.07) is 6.95. The first-order chi connectivity index (χ1) is 8.72. The molecule has 4 rings (SSSR count). The standard InChI is InChI=1S/C15H12FNS/c1-8-17-13-7-10-6-12(15(13)18-8)14(10)9-2-4-11(16)5-3-9/h2-5,7,10,14H,6H2,1H3. The first-order valence-electron chi connectivity index (χ1n) is 6.16. The molecule has 0 amide bonds. The zero-order valence-electron chi connectivity index (χ0n) is 9.98. The van der Waals surface area contributed by atoms with Gasteiger partial charge in [0, 0.05) is 5.92 Å². The third-order valence-electron chi connectivity index (χ3n) is 3.91. The molecule has 1 saturated carbocycles. The molecular weight excluding hydrogens is 245 g/mol. The van der Waals surface area contributed by atoms with Gasteiger partial charge in [-0.05, 0) is 42.5 Å². The van der Waals surface area contributed by atoms with Crippen LogP contribution in [0.25, 0.3) is 11.6 Å². The van der Waals surface area contributed by atoms with Crippen molar-refractivity contribution >= 4 is 23.0 Å². The maximum Gasteiger partial charge on any atom is 0.123 e. The molecule has 2 aromatic rings. The Morgan fingerprint density at radius 2 is 2.06 bits per heavy atom. The van der Waals surface area contributed by atoms with Gasteiger partial charge in [0.15, 0.2) is 0 Å². The summed E-state index contributed by atoms with van der Waals surface area (Å²) in [5, 5.41) is 2.30. The maximum absolute atomic E-state index is 13.0. The molecule has 0 N–H and O–H groups in total. The fraction of sp³-hybridized carbons (Fsp3) is 0.267. The molecule has 18 heavy (non-hydrogen) atoms. The van der Waals surface area contributed by atoms with Gasteiger partial charge in [-0.1, -0.05) is 18.2 Å². The lowest BCUT2D eigenvalue weighted by atomic mass is 9.64. The fourth-order valence-electron chi connectivity index (χ4n) is 3.09. The highest BCUT2D eigenvalue weighted by Gasteiger charge is 2.39. The van der Waals surface area contributed by atoms with Crippen molar-refractivity contribution in [3.63, 3.8) is 0 Å². The van der Waals surface area contributed by atoms with Crippen LogP contribution >= 0.6 is 11.3 Å². The number of hydrogen-bond donors (Lipinski definition) is 0. The summed E-state index contributed by atoms with van der Waals surface area (Å²) in [5.74, 6) is 0.851. The van der Waals surface area contributed by atoms with Gasteiger partial charge in [-0.15, -0.1) is 11.3 Å². The zero-order valence-corrected chi connectivity index (χ0v) is 10.8. The molecule has 1 aromatic carbocycles. The number of hydrogen-bond acceptors (Lipinski definition) is 2. The number of aryl methyl sites for hydroxylation is 1. The van der Waals surface area contributed by atoms with E-state index in [9.17, 15) is 4.39 Å². The van der Waals surface area contributed by atoms with Gasteiger partial charge in [-0.3, -0.25) is 0 Å². The molecule has 1 aromatic heterocycles. The number of halogens is 1. The number of thiazole rings is 1. The predicted octanol–water partition coefficient (Wildman–Crippen LogP) is 2.34. The van der Waals surface area contributed by atoms with Crippen LogP contribution in [-0.4, -0.2) is 4.98 Å². The minimum atomic E-state index is -0.161. The number of benzene rings is 1. The van der Waals surface area contributed by atoms with Crippen LogP contribution in [0.1, 0.15) is 22.9 Å². The van der Waals surface area contributed by atoms with Crippen LogP contribution < -0.4 is 9.88 Å². The Labute approximate surface area is 108 Å². The minimum absolute atomic E-state index is 0.161. The fourth-order valence-corrected chi connectivity index (χ4v) is 4.09. The van der Waals surface area contributed by atoms with Crippen molar-refractivity contribution in [2.75, 3.05) is 0 Å². The van der Waals surface area contributed by atoms with Gasteiger partial charge in [0.25, 0.3) is 0 Å². The monoisotopic (exact) mass is 257 g/mol. The predicted molar refractivity (Wildman–Crippen MR) is 71.2 cm³/mol. The molecule has 3 heteroatoms. The molecule has 2 bridgehead atoms. The van der Waals surface area contributed by atoms with E-state index in [1.54, 1.807) is 23.5 Å². The summed E-state index contributed by atoms with van der Waals surface area (Å²) in [5.41, 5.74) is 2.73. The Morgan fingerprint density at radius 3 is 2.83 bits per heavy atom. The van der Waals surface area contributed by atoms with Crippen molar-refractivity contribution < 1.29 is 4.39 Å². The van der Waals surface area contributed by atoms with Gasteiger partial charge in [-0.25, -0.2) is 9.37 Å². The lowest BCUT2D eigenvalue weighted by Gasteiger charge is -2.40. The number of nitrogens with zero attached hydrogens (tertiary/aromatic N) is 1. The molecule has 0 spiro atoms. The summed E-state index contributed by atoms with van der Waals surface area (Å²) in [6.07, 6.45) is 3.44. The molecule has 90 valence electrons. The van der Waals surface area contributed by atoms with E-state index < -0.39 is 0 Å². The summed E-state index contributed by atoms with van der Waals surface area (Å²) in [7, 11) is 0. The molecule has 2 aliphatic carbocycles.